The highest BCUT2D eigenvalue weighted by Gasteiger charge is 2.35. The van der Waals surface area contributed by atoms with Crippen molar-refractivity contribution in [3.63, 3.8) is 0 Å². The van der Waals surface area contributed by atoms with Crippen molar-refractivity contribution in [1.82, 2.24) is 4.90 Å². The Hall–Kier alpha value is -2.17. The molecule has 29 heavy (non-hydrogen) atoms. The predicted molar refractivity (Wildman–Crippen MR) is 101 cm³/mol. The molecule has 1 saturated carbocycles. The van der Waals surface area contributed by atoms with E-state index in [9.17, 15) is 22.8 Å². The monoisotopic (exact) mass is 414 g/mol. The zero-order valence-electron chi connectivity index (χ0n) is 16.0. The molecule has 2 fully saturated rings. The van der Waals surface area contributed by atoms with Crippen LogP contribution in [0.3, 0.4) is 0 Å². The molecule has 0 aromatic heterocycles. The SMILES string of the molecule is NC[C@H](C(=O)Nc1ccc(N2CCOCC2=O)c(F)c1)N(CC(F)F)C1CCC1. The lowest BCUT2D eigenvalue weighted by Gasteiger charge is -2.41. The van der Waals surface area contributed by atoms with Crippen LogP contribution in [0, 0.1) is 5.82 Å². The average molecular weight is 414 g/mol. The normalized spacial score (nSPS) is 18.8. The first kappa shape index (κ1) is 21.5. The molecule has 7 nitrogen and oxygen atoms in total. The van der Waals surface area contributed by atoms with Crippen LogP contribution >= 0.6 is 0 Å². The minimum absolute atomic E-state index is 0.0977. The molecular formula is C19H25F3N4O3. The summed E-state index contributed by atoms with van der Waals surface area (Å²) in [6.45, 7) is -0.231. The summed E-state index contributed by atoms with van der Waals surface area (Å²) in [5.74, 6) is -1.58. The van der Waals surface area contributed by atoms with E-state index in [1.54, 1.807) is 0 Å². The fraction of sp³-hybridized carbons (Fsp3) is 0.579. The van der Waals surface area contributed by atoms with E-state index in [-0.39, 0.29) is 43.0 Å². The van der Waals surface area contributed by atoms with Crippen molar-refractivity contribution in [3.8, 4) is 0 Å². The molecular weight excluding hydrogens is 389 g/mol. The Balaban J connectivity index is 1.71. The maximum Gasteiger partial charge on any atom is 0.253 e. The zero-order chi connectivity index (χ0) is 21.0. The first-order chi connectivity index (χ1) is 13.9. The Bertz CT molecular complexity index is 745. The number of hydrogen-bond acceptors (Lipinski definition) is 5. The number of halogens is 3. The number of benzene rings is 1. The number of hydrogen-bond donors (Lipinski definition) is 2. The van der Waals surface area contributed by atoms with Gasteiger partial charge in [-0.25, -0.2) is 13.2 Å². The zero-order valence-corrected chi connectivity index (χ0v) is 16.0. The first-order valence-electron chi connectivity index (χ1n) is 9.63. The second kappa shape index (κ2) is 9.55. The van der Waals surface area contributed by atoms with E-state index in [2.05, 4.69) is 5.32 Å². The second-order valence-corrected chi connectivity index (χ2v) is 7.18. The maximum absolute atomic E-state index is 14.5. The van der Waals surface area contributed by atoms with E-state index in [4.69, 9.17) is 10.5 Å². The quantitative estimate of drug-likeness (QED) is 0.674. The van der Waals surface area contributed by atoms with Gasteiger partial charge in [-0.3, -0.25) is 14.5 Å². The highest BCUT2D eigenvalue weighted by atomic mass is 19.3. The second-order valence-electron chi connectivity index (χ2n) is 7.18. The third-order valence-corrected chi connectivity index (χ3v) is 5.31. The van der Waals surface area contributed by atoms with Crippen LogP contribution in [0.1, 0.15) is 19.3 Å². The summed E-state index contributed by atoms with van der Waals surface area (Å²) in [6.07, 6.45) is -0.169. The van der Waals surface area contributed by atoms with E-state index in [1.165, 1.54) is 21.9 Å². The van der Waals surface area contributed by atoms with Crippen molar-refractivity contribution in [2.45, 2.75) is 37.8 Å². The summed E-state index contributed by atoms with van der Waals surface area (Å²) in [4.78, 5) is 27.3. The summed E-state index contributed by atoms with van der Waals surface area (Å²) in [6, 6.07) is 2.93. The number of carbonyl (C=O) groups excluding carboxylic acids is 2. The molecule has 1 heterocycles. The molecule has 2 aliphatic rings. The van der Waals surface area contributed by atoms with Crippen LogP contribution in [0.4, 0.5) is 24.5 Å². The van der Waals surface area contributed by atoms with Crippen LogP contribution in [0.25, 0.3) is 0 Å². The van der Waals surface area contributed by atoms with E-state index in [1.807, 2.05) is 0 Å². The molecule has 0 spiro atoms. The van der Waals surface area contributed by atoms with Crippen LogP contribution in [-0.4, -0.2) is 68.1 Å². The number of ether oxygens (including phenoxy) is 1. The van der Waals surface area contributed by atoms with E-state index in [0.717, 1.165) is 25.3 Å². The van der Waals surface area contributed by atoms with Gasteiger partial charge in [0.05, 0.1) is 18.8 Å². The fourth-order valence-electron chi connectivity index (χ4n) is 3.60. The standard InChI is InChI=1S/C19H25F3N4O3/c20-14-8-12(4-5-15(14)25-6-7-29-11-18(25)27)24-19(28)16(9-23)26(10-17(21)22)13-2-1-3-13/h4-5,8,13,16-17H,1-3,6-7,9-11,23H2,(H,24,28)/t16-/m1/s1. The Morgan fingerprint density at radius 2 is 2.14 bits per heavy atom. The average Bonchev–Trinajstić information content (AvgIpc) is 2.61. The minimum Gasteiger partial charge on any atom is -0.370 e. The van der Waals surface area contributed by atoms with Gasteiger partial charge in [-0.15, -0.1) is 0 Å². The summed E-state index contributed by atoms with van der Waals surface area (Å²) in [5.41, 5.74) is 5.98. The third kappa shape index (κ3) is 5.06. The molecule has 2 amide bonds. The largest absolute Gasteiger partial charge is 0.370 e. The van der Waals surface area contributed by atoms with Crippen molar-refractivity contribution < 1.29 is 27.5 Å². The van der Waals surface area contributed by atoms with Crippen LogP contribution in [0.5, 0.6) is 0 Å². The number of alkyl halides is 2. The summed E-state index contributed by atoms with van der Waals surface area (Å²) >= 11 is 0. The van der Waals surface area contributed by atoms with Gasteiger partial charge in [-0.05, 0) is 31.0 Å². The Morgan fingerprint density at radius 1 is 1.38 bits per heavy atom. The first-order valence-corrected chi connectivity index (χ1v) is 9.63. The van der Waals surface area contributed by atoms with Crippen molar-refractivity contribution in [1.29, 1.82) is 0 Å². The number of anilines is 2. The Kier molecular flexibility index (Phi) is 7.09. The van der Waals surface area contributed by atoms with Crippen molar-refractivity contribution >= 4 is 23.2 Å². The number of amides is 2. The highest BCUT2D eigenvalue weighted by molar-refractivity contribution is 5.97. The molecule has 1 atom stereocenters. The van der Waals surface area contributed by atoms with Gasteiger partial charge in [0.1, 0.15) is 18.5 Å². The van der Waals surface area contributed by atoms with Gasteiger partial charge in [0.15, 0.2) is 0 Å². The molecule has 160 valence electrons. The minimum atomic E-state index is -2.58. The number of nitrogens with two attached hydrogens (primary N) is 1. The lowest BCUT2D eigenvalue weighted by Crippen LogP contribution is -2.56. The van der Waals surface area contributed by atoms with Gasteiger partial charge >= 0.3 is 0 Å². The van der Waals surface area contributed by atoms with Crippen LogP contribution in [0.15, 0.2) is 18.2 Å². The van der Waals surface area contributed by atoms with Crippen molar-refractivity contribution in [2.24, 2.45) is 5.73 Å². The smallest absolute Gasteiger partial charge is 0.253 e. The fourth-order valence-corrected chi connectivity index (χ4v) is 3.60. The van der Waals surface area contributed by atoms with Crippen LogP contribution in [0.2, 0.25) is 0 Å². The van der Waals surface area contributed by atoms with Gasteiger partial charge in [-0.1, -0.05) is 6.42 Å². The number of carbonyl (C=O) groups is 2. The molecule has 0 unspecified atom stereocenters. The number of nitrogens with one attached hydrogen (secondary N) is 1. The molecule has 1 aromatic carbocycles. The maximum atomic E-state index is 14.5. The summed E-state index contributed by atoms with van der Waals surface area (Å²) < 4.78 is 45.6. The van der Waals surface area contributed by atoms with Crippen LogP contribution < -0.4 is 16.0 Å². The topological polar surface area (TPSA) is 87.9 Å². The lowest BCUT2D eigenvalue weighted by molar-refractivity contribution is -0.126. The van der Waals surface area contributed by atoms with Gasteiger partial charge in [0.25, 0.3) is 12.3 Å². The van der Waals surface area contributed by atoms with Crippen molar-refractivity contribution in [2.75, 3.05) is 43.1 Å². The predicted octanol–water partition coefficient (Wildman–Crippen LogP) is 1.57. The molecule has 1 aliphatic heterocycles. The molecule has 3 rings (SSSR count). The van der Waals surface area contributed by atoms with E-state index >= 15 is 0 Å². The van der Waals surface area contributed by atoms with E-state index < -0.39 is 30.7 Å². The Morgan fingerprint density at radius 3 is 2.69 bits per heavy atom. The molecule has 1 aromatic rings. The molecule has 10 heteroatoms. The number of rotatable bonds is 8. The third-order valence-electron chi connectivity index (χ3n) is 5.31. The number of nitrogens with zero attached hydrogens (tertiary/aromatic N) is 2. The Labute approximate surface area is 167 Å². The molecule has 0 radical (unpaired) electrons. The molecule has 3 N–H and O–H groups in total. The highest BCUT2D eigenvalue weighted by Crippen LogP contribution is 2.28. The van der Waals surface area contributed by atoms with Gasteiger partial charge < -0.3 is 20.7 Å². The van der Waals surface area contributed by atoms with Gasteiger partial charge in [-0.2, -0.15) is 0 Å². The van der Waals surface area contributed by atoms with Crippen LogP contribution in [-0.2, 0) is 14.3 Å². The molecule has 1 saturated heterocycles. The van der Waals surface area contributed by atoms with Crippen molar-refractivity contribution in [3.05, 3.63) is 24.0 Å². The molecule has 1 aliphatic carbocycles. The lowest BCUT2D eigenvalue weighted by atomic mass is 9.90. The molecule has 0 bridgehead atoms. The summed E-state index contributed by atoms with van der Waals surface area (Å²) in [5, 5.41) is 2.56. The van der Waals surface area contributed by atoms with Gasteiger partial charge in [0, 0.05) is 24.8 Å². The van der Waals surface area contributed by atoms with E-state index in [0.29, 0.717) is 6.61 Å². The summed E-state index contributed by atoms with van der Waals surface area (Å²) in [7, 11) is 0. The number of morpholine rings is 1. The van der Waals surface area contributed by atoms with Gasteiger partial charge in [0.2, 0.25) is 5.91 Å².